The second kappa shape index (κ2) is 7.68. The number of piperidine rings is 1. The zero-order valence-electron chi connectivity index (χ0n) is 14.2. The second-order valence-electron chi connectivity index (χ2n) is 5.78. The first kappa shape index (κ1) is 18.1. The first-order chi connectivity index (χ1) is 12.5. The average molecular weight is 374 g/mol. The van der Waals surface area contributed by atoms with Crippen molar-refractivity contribution in [2.45, 2.75) is 23.8 Å². The highest BCUT2D eigenvalue weighted by molar-refractivity contribution is 7.89. The van der Waals surface area contributed by atoms with Gasteiger partial charge in [0, 0.05) is 6.54 Å². The van der Waals surface area contributed by atoms with Crippen LogP contribution in [0.1, 0.15) is 18.4 Å². The number of rotatable bonds is 5. The van der Waals surface area contributed by atoms with E-state index in [0.717, 1.165) is 6.42 Å². The Bertz CT molecular complexity index is 909. The molecular weight excluding hydrogens is 356 g/mol. The minimum Gasteiger partial charge on any atom is -0.480 e. The Hall–Kier alpha value is -2.70. The van der Waals surface area contributed by atoms with Crippen LogP contribution in [0.3, 0.4) is 0 Å². The lowest BCUT2D eigenvalue weighted by Gasteiger charge is -2.31. The van der Waals surface area contributed by atoms with E-state index in [9.17, 15) is 8.42 Å². The molecule has 26 heavy (non-hydrogen) atoms. The molecule has 0 aliphatic carbocycles. The summed E-state index contributed by atoms with van der Waals surface area (Å²) in [6, 6.07) is 7.87. The summed E-state index contributed by atoms with van der Waals surface area (Å²) >= 11 is 0. The van der Waals surface area contributed by atoms with Crippen molar-refractivity contribution < 1.29 is 17.9 Å². The maximum Gasteiger partial charge on any atom is 0.243 e. The number of benzene rings is 1. The van der Waals surface area contributed by atoms with Crippen LogP contribution in [-0.4, -0.2) is 49.0 Å². The van der Waals surface area contributed by atoms with Crippen molar-refractivity contribution in [1.29, 1.82) is 5.26 Å². The van der Waals surface area contributed by atoms with E-state index < -0.39 is 10.0 Å². The SMILES string of the molecule is COc1cncc(O[C@@H]2CCCN(S(=O)(=O)c3ccc(C#N)cc3)C2)n1. The molecule has 1 saturated heterocycles. The number of hydrogen-bond donors (Lipinski definition) is 0. The van der Waals surface area contributed by atoms with Crippen LogP contribution in [0.25, 0.3) is 0 Å². The number of nitrogens with zero attached hydrogens (tertiary/aromatic N) is 4. The predicted octanol–water partition coefficient (Wildman–Crippen LogP) is 1.59. The van der Waals surface area contributed by atoms with Crippen LogP contribution in [-0.2, 0) is 10.0 Å². The summed E-state index contributed by atoms with van der Waals surface area (Å²) in [6.07, 6.45) is 4.01. The average Bonchev–Trinajstić information content (AvgIpc) is 2.68. The molecule has 136 valence electrons. The van der Waals surface area contributed by atoms with Crippen molar-refractivity contribution in [3.8, 4) is 17.8 Å². The monoisotopic (exact) mass is 374 g/mol. The van der Waals surface area contributed by atoms with Gasteiger partial charge in [-0.2, -0.15) is 14.6 Å². The van der Waals surface area contributed by atoms with Crippen LogP contribution in [0.4, 0.5) is 0 Å². The van der Waals surface area contributed by atoms with Crippen LogP contribution in [0, 0.1) is 11.3 Å². The highest BCUT2D eigenvalue weighted by Gasteiger charge is 2.31. The summed E-state index contributed by atoms with van der Waals surface area (Å²) in [4.78, 5) is 8.29. The summed E-state index contributed by atoms with van der Waals surface area (Å²) in [5.41, 5.74) is 0.417. The first-order valence-corrected chi connectivity index (χ1v) is 9.50. The molecule has 2 heterocycles. The molecule has 1 aliphatic heterocycles. The fourth-order valence-electron chi connectivity index (χ4n) is 2.73. The zero-order valence-corrected chi connectivity index (χ0v) is 15.0. The van der Waals surface area contributed by atoms with E-state index in [4.69, 9.17) is 14.7 Å². The number of hydrogen-bond acceptors (Lipinski definition) is 7. The van der Waals surface area contributed by atoms with E-state index in [2.05, 4.69) is 9.97 Å². The van der Waals surface area contributed by atoms with Crippen LogP contribution in [0.2, 0.25) is 0 Å². The molecular formula is C17H18N4O4S. The molecule has 0 radical (unpaired) electrons. The molecule has 1 aliphatic rings. The van der Waals surface area contributed by atoms with Crippen molar-refractivity contribution >= 4 is 10.0 Å². The van der Waals surface area contributed by atoms with Gasteiger partial charge in [0.05, 0.1) is 42.6 Å². The van der Waals surface area contributed by atoms with E-state index in [0.29, 0.717) is 30.3 Å². The fourth-order valence-corrected chi connectivity index (χ4v) is 4.24. The molecule has 3 rings (SSSR count). The Morgan fingerprint density at radius 2 is 1.96 bits per heavy atom. The predicted molar refractivity (Wildman–Crippen MR) is 92.1 cm³/mol. The van der Waals surface area contributed by atoms with E-state index in [-0.39, 0.29) is 17.5 Å². The Balaban J connectivity index is 1.73. The molecule has 1 fully saturated rings. The summed E-state index contributed by atoms with van der Waals surface area (Å²) in [5, 5.41) is 8.85. The standard InChI is InChI=1S/C17H18N4O4S/c1-24-16-10-19-11-17(20-16)25-14-3-2-8-21(12-14)26(22,23)15-6-4-13(9-18)5-7-15/h4-7,10-11,14H,2-3,8,12H2,1H3/t14-/m1/s1. The molecule has 8 nitrogen and oxygen atoms in total. The Kier molecular flexibility index (Phi) is 5.35. The van der Waals surface area contributed by atoms with E-state index in [1.54, 1.807) is 0 Å². The topological polar surface area (TPSA) is 105 Å². The Morgan fingerprint density at radius 1 is 1.23 bits per heavy atom. The molecule has 1 aromatic carbocycles. The van der Waals surface area contributed by atoms with Gasteiger partial charge in [-0.1, -0.05) is 0 Å². The summed E-state index contributed by atoms with van der Waals surface area (Å²) in [6.45, 7) is 0.646. The third kappa shape index (κ3) is 3.92. The summed E-state index contributed by atoms with van der Waals surface area (Å²) in [7, 11) is -2.16. The minimum absolute atomic E-state index is 0.165. The van der Waals surface area contributed by atoms with Gasteiger partial charge in [0.2, 0.25) is 21.8 Å². The lowest BCUT2D eigenvalue weighted by Crippen LogP contribution is -2.44. The molecule has 0 unspecified atom stereocenters. The maximum absolute atomic E-state index is 12.8. The van der Waals surface area contributed by atoms with E-state index in [1.807, 2.05) is 6.07 Å². The van der Waals surface area contributed by atoms with Crippen LogP contribution in [0.5, 0.6) is 11.8 Å². The van der Waals surface area contributed by atoms with Crippen LogP contribution in [0.15, 0.2) is 41.6 Å². The van der Waals surface area contributed by atoms with E-state index >= 15 is 0 Å². The molecule has 2 aromatic rings. The summed E-state index contributed by atoms with van der Waals surface area (Å²) < 4.78 is 37.9. The lowest BCUT2D eigenvalue weighted by molar-refractivity contribution is 0.123. The van der Waals surface area contributed by atoms with Crippen molar-refractivity contribution in [2.75, 3.05) is 20.2 Å². The fraction of sp³-hybridized carbons (Fsp3) is 0.353. The lowest BCUT2D eigenvalue weighted by atomic mass is 10.1. The largest absolute Gasteiger partial charge is 0.480 e. The molecule has 0 spiro atoms. The van der Waals surface area contributed by atoms with Gasteiger partial charge in [0.1, 0.15) is 6.10 Å². The van der Waals surface area contributed by atoms with Crippen molar-refractivity contribution in [2.24, 2.45) is 0 Å². The number of ether oxygens (including phenoxy) is 2. The van der Waals surface area contributed by atoms with Gasteiger partial charge in [-0.25, -0.2) is 8.42 Å². The summed E-state index contributed by atoms with van der Waals surface area (Å²) in [5.74, 6) is 0.632. The quantitative estimate of drug-likeness (QED) is 0.782. The van der Waals surface area contributed by atoms with Gasteiger partial charge >= 0.3 is 0 Å². The highest BCUT2D eigenvalue weighted by atomic mass is 32.2. The van der Waals surface area contributed by atoms with Gasteiger partial charge in [-0.15, -0.1) is 0 Å². The number of methoxy groups -OCH3 is 1. The zero-order chi connectivity index (χ0) is 18.6. The molecule has 0 bridgehead atoms. The van der Waals surface area contributed by atoms with Crippen molar-refractivity contribution in [1.82, 2.24) is 14.3 Å². The molecule has 0 amide bonds. The van der Waals surface area contributed by atoms with Gasteiger partial charge in [-0.05, 0) is 37.1 Å². The van der Waals surface area contributed by atoms with Gasteiger partial charge in [-0.3, -0.25) is 4.98 Å². The van der Waals surface area contributed by atoms with E-state index in [1.165, 1.54) is 48.1 Å². The maximum atomic E-state index is 12.8. The van der Waals surface area contributed by atoms with Gasteiger partial charge in [0.25, 0.3) is 0 Å². The smallest absolute Gasteiger partial charge is 0.243 e. The first-order valence-electron chi connectivity index (χ1n) is 8.06. The third-order valence-electron chi connectivity index (χ3n) is 4.05. The van der Waals surface area contributed by atoms with Crippen LogP contribution >= 0.6 is 0 Å². The van der Waals surface area contributed by atoms with Gasteiger partial charge < -0.3 is 9.47 Å². The highest BCUT2D eigenvalue weighted by Crippen LogP contribution is 2.23. The van der Waals surface area contributed by atoms with Crippen molar-refractivity contribution in [3.05, 3.63) is 42.2 Å². The molecule has 9 heteroatoms. The Labute approximate surface area is 152 Å². The minimum atomic E-state index is -3.64. The molecule has 0 saturated carbocycles. The molecule has 1 atom stereocenters. The normalized spacial score (nSPS) is 18.1. The van der Waals surface area contributed by atoms with Gasteiger partial charge in [0.15, 0.2) is 0 Å². The Morgan fingerprint density at radius 3 is 2.65 bits per heavy atom. The molecule has 0 N–H and O–H groups in total. The van der Waals surface area contributed by atoms with Crippen molar-refractivity contribution in [3.63, 3.8) is 0 Å². The third-order valence-corrected chi connectivity index (χ3v) is 5.93. The molecule has 1 aromatic heterocycles. The number of aromatic nitrogens is 2. The number of sulfonamides is 1. The van der Waals surface area contributed by atoms with Crippen LogP contribution < -0.4 is 9.47 Å². The second-order valence-corrected chi connectivity index (χ2v) is 7.72. The number of nitriles is 1.